The number of aromatic amines is 1. The topological polar surface area (TPSA) is 28.7 Å². The first kappa shape index (κ1) is 11.3. The normalized spacial score (nSPS) is 12.8. The molecule has 0 saturated carbocycles. The third-order valence-electron chi connectivity index (χ3n) is 2.99. The van der Waals surface area contributed by atoms with Crippen molar-refractivity contribution in [3.05, 3.63) is 65.5 Å². The summed E-state index contributed by atoms with van der Waals surface area (Å²) in [5.41, 5.74) is 4.25. The predicted molar refractivity (Wildman–Crippen MR) is 75.0 cm³/mol. The molecule has 1 aromatic heterocycles. The third-order valence-corrected chi connectivity index (χ3v) is 3.45. The van der Waals surface area contributed by atoms with Crippen LogP contribution in [0.4, 0.5) is 0 Å². The van der Waals surface area contributed by atoms with Gasteiger partial charge in [0.1, 0.15) is 11.2 Å². The van der Waals surface area contributed by atoms with Gasteiger partial charge in [0.2, 0.25) is 0 Å². The van der Waals surface area contributed by atoms with Crippen molar-refractivity contribution in [2.75, 3.05) is 0 Å². The molecule has 3 heteroatoms. The number of nitrogens with zero attached hydrogens (tertiary/aromatic N) is 1. The molecule has 0 amide bonds. The summed E-state index contributed by atoms with van der Waals surface area (Å²) >= 11 is 6.45. The number of H-pyrrole nitrogens is 1. The minimum absolute atomic E-state index is 0.237. The van der Waals surface area contributed by atoms with Gasteiger partial charge in [-0.25, -0.2) is 4.98 Å². The highest BCUT2D eigenvalue weighted by molar-refractivity contribution is 6.22. The smallest absolute Gasteiger partial charge is 0.129 e. The number of aromatic nitrogens is 2. The lowest BCUT2D eigenvalue weighted by molar-refractivity contribution is 1.00. The van der Waals surface area contributed by atoms with E-state index >= 15 is 0 Å². The number of alkyl halides is 1. The molecule has 2 nitrogen and oxygen atoms in total. The van der Waals surface area contributed by atoms with Gasteiger partial charge in [0.15, 0.2) is 0 Å². The molecular weight excluding hydrogens is 244 g/mol. The van der Waals surface area contributed by atoms with Gasteiger partial charge >= 0.3 is 0 Å². The van der Waals surface area contributed by atoms with Gasteiger partial charge in [0.25, 0.3) is 0 Å². The van der Waals surface area contributed by atoms with E-state index in [0.717, 1.165) is 22.4 Å². The quantitative estimate of drug-likeness (QED) is 0.684. The van der Waals surface area contributed by atoms with Crippen LogP contribution >= 0.6 is 11.6 Å². The number of hydrogen-bond acceptors (Lipinski definition) is 1. The van der Waals surface area contributed by atoms with Crippen molar-refractivity contribution >= 4 is 22.6 Å². The van der Waals surface area contributed by atoms with Crippen LogP contribution in [0.1, 0.15) is 22.3 Å². The van der Waals surface area contributed by atoms with E-state index in [4.69, 9.17) is 11.6 Å². The third kappa shape index (κ3) is 2.00. The molecule has 0 bridgehead atoms. The van der Waals surface area contributed by atoms with Crippen LogP contribution in [0.5, 0.6) is 0 Å². The van der Waals surface area contributed by atoms with Gasteiger partial charge in [-0.2, -0.15) is 0 Å². The van der Waals surface area contributed by atoms with E-state index in [1.807, 2.05) is 36.4 Å². The van der Waals surface area contributed by atoms with Crippen LogP contribution in [0.3, 0.4) is 0 Å². The Morgan fingerprint density at radius 3 is 2.67 bits per heavy atom. The highest BCUT2D eigenvalue weighted by Crippen LogP contribution is 2.28. The molecule has 0 unspecified atom stereocenters. The fourth-order valence-electron chi connectivity index (χ4n) is 2.04. The van der Waals surface area contributed by atoms with Crippen molar-refractivity contribution in [3.8, 4) is 0 Å². The molecule has 0 radical (unpaired) electrons. The molecule has 3 aromatic rings. The molecule has 0 aliphatic rings. The Labute approximate surface area is 111 Å². The van der Waals surface area contributed by atoms with Crippen molar-refractivity contribution in [2.45, 2.75) is 12.3 Å². The average Bonchev–Trinajstić information content (AvgIpc) is 2.81. The van der Waals surface area contributed by atoms with E-state index in [-0.39, 0.29) is 5.38 Å². The Kier molecular flexibility index (Phi) is 2.80. The fraction of sp³-hybridized carbons (Fsp3) is 0.133. The Morgan fingerprint density at radius 1 is 1.11 bits per heavy atom. The van der Waals surface area contributed by atoms with Crippen LogP contribution in [-0.2, 0) is 0 Å². The van der Waals surface area contributed by atoms with E-state index in [2.05, 4.69) is 29.0 Å². The molecule has 1 N–H and O–H groups in total. The van der Waals surface area contributed by atoms with Crippen molar-refractivity contribution in [3.63, 3.8) is 0 Å². The molecule has 90 valence electrons. The van der Waals surface area contributed by atoms with Crippen LogP contribution in [-0.4, -0.2) is 9.97 Å². The highest BCUT2D eigenvalue weighted by atomic mass is 35.5. The molecule has 3 rings (SSSR count). The monoisotopic (exact) mass is 256 g/mol. The molecule has 0 spiro atoms. The maximum atomic E-state index is 6.45. The number of rotatable bonds is 2. The zero-order valence-electron chi connectivity index (χ0n) is 10.0. The number of halogens is 1. The summed E-state index contributed by atoms with van der Waals surface area (Å²) in [5.74, 6) is 0.795. The Bertz CT molecular complexity index is 673. The molecule has 18 heavy (non-hydrogen) atoms. The summed E-state index contributed by atoms with van der Waals surface area (Å²) in [6.45, 7) is 2.06. The summed E-state index contributed by atoms with van der Waals surface area (Å²) < 4.78 is 0. The first-order valence-corrected chi connectivity index (χ1v) is 6.33. The number of nitrogens with one attached hydrogen (secondary N) is 1. The molecule has 1 atom stereocenters. The first-order valence-electron chi connectivity index (χ1n) is 5.89. The SMILES string of the molecule is Cc1ccc2nc([C@H](Cl)c3ccccc3)[nH]c2c1. The summed E-state index contributed by atoms with van der Waals surface area (Å²) in [6.07, 6.45) is 0. The van der Waals surface area contributed by atoms with Gasteiger partial charge in [-0.3, -0.25) is 0 Å². The maximum Gasteiger partial charge on any atom is 0.129 e. The minimum atomic E-state index is -0.237. The average molecular weight is 257 g/mol. The van der Waals surface area contributed by atoms with Gasteiger partial charge in [0.05, 0.1) is 11.0 Å². The fourth-order valence-corrected chi connectivity index (χ4v) is 2.29. The summed E-state index contributed by atoms with van der Waals surface area (Å²) in [7, 11) is 0. The lowest BCUT2D eigenvalue weighted by atomic mass is 10.1. The van der Waals surface area contributed by atoms with Gasteiger partial charge in [-0.15, -0.1) is 11.6 Å². The predicted octanol–water partition coefficient (Wildman–Crippen LogP) is 4.20. The van der Waals surface area contributed by atoms with Crippen LogP contribution in [0, 0.1) is 6.92 Å². The summed E-state index contributed by atoms with van der Waals surface area (Å²) in [4.78, 5) is 7.83. The molecule has 0 fully saturated rings. The highest BCUT2D eigenvalue weighted by Gasteiger charge is 2.14. The standard InChI is InChI=1S/C15H13ClN2/c1-10-7-8-12-13(9-10)18-15(17-12)14(16)11-5-3-2-4-6-11/h2-9,14H,1H3,(H,17,18)/t14-/m1/s1. The Hall–Kier alpha value is -1.80. The van der Waals surface area contributed by atoms with Crippen molar-refractivity contribution in [1.29, 1.82) is 0 Å². The maximum absolute atomic E-state index is 6.45. The zero-order valence-corrected chi connectivity index (χ0v) is 10.8. The Morgan fingerprint density at radius 2 is 1.89 bits per heavy atom. The number of benzene rings is 2. The molecule has 0 aliphatic heterocycles. The van der Waals surface area contributed by atoms with Gasteiger partial charge in [-0.05, 0) is 30.2 Å². The van der Waals surface area contributed by atoms with Crippen LogP contribution in [0.2, 0.25) is 0 Å². The second-order valence-corrected chi connectivity index (χ2v) is 4.85. The summed E-state index contributed by atoms with van der Waals surface area (Å²) in [6, 6.07) is 16.1. The molecule has 2 aromatic carbocycles. The Balaban J connectivity index is 2.04. The van der Waals surface area contributed by atoms with Crippen molar-refractivity contribution in [1.82, 2.24) is 9.97 Å². The van der Waals surface area contributed by atoms with E-state index in [1.54, 1.807) is 0 Å². The largest absolute Gasteiger partial charge is 0.340 e. The number of fused-ring (bicyclic) bond motifs is 1. The van der Waals surface area contributed by atoms with Gasteiger partial charge in [0, 0.05) is 0 Å². The zero-order chi connectivity index (χ0) is 12.5. The number of imidazole rings is 1. The second kappa shape index (κ2) is 4.46. The first-order chi connectivity index (χ1) is 8.74. The van der Waals surface area contributed by atoms with Crippen molar-refractivity contribution in [2.24, 2.45) is 0 Å². The molecule has 0 aliphatic carbocycles. The minimum Gasteiger partial charge on any atom is -0.340 e. The van der Waals surface area contributed by atoms with Gasteiger partial charge in [-0.1, -0.05) is 36.4 Å². The van der Waals surface area contributed by atoms with E-state index < -0.39 is 0 Å². The van der Waals surface area contributed by atoms with Crippen LogP contribution in [0.15, 0.2) is 48.5 Å². The number of aryl methyl sites for hydroxylation is 1. The number of hydrogen-bond donors (Lipinski definition) is 1. The van der Waals surface area contributed by atoms with Gasteiger partial charge < -0.3 is 4.98 Å². The van der Waals surface area contributed by atoms with E-state index in [1.165, 1.54) is 5.56 Å². The molecule has 1 heterocycles. The summed E-state index contributed by atoms with van der Waals surface area (Å²) in [5, 5.41) is -0.237. The van der Waals surface area contributed by atoms with Crippen LogP contribution < -0.4 is 0 Å². The van der Waals surface area contributed by atoms with Crippen LogP contribution in [0.25, 0.3) is 11.0 Å². The van der Waals surface area contributed by atoms with Crippen molar-refractivity contribution < 1.29 is 0 Å². The molecule has 0 saturated heterocycles. The molecular formula is C15H13ClN2. The van der Waals surface area contributed by atoms with E-state index in [9.17, 15) is 0 Å². The lowest BCUT2D eigenvalue weighted by Crippen LogP contribution is -1.94. The van der Waals surface area contributed by atoms with E-state index in [0.29, 0.717) is 0 Å². The lowest BCUT2D eigenvalue weighted by Gasteiger charge is -2.05. The second-order valence-electron chi connectivity index (χ2n) is 4.42.